The first kappa shape index (κ1) is 13.5. The molecule has 1 heterocycles. The zero-order valence-corrected chi connectivity index (χ0v) is 10.8. The van der Waals surface area contributed by atoms with Gasteiger partial charge in [-0.1, -0.05) is 0 Å². The van der Waals surface area contributed by atoms with Crippen molar-refractivity contribution in [2.75, 3.05) is 13.4 Å². The Bertz CT molecular complexity index is 246. The second kappa shape index (κ2) is 4.72. The molecule has 0 spiro atoms. The van der Waals surface area contributed by atoms with Crippen LogP contribution in [0.3, 0.4) is 0 Å². The lowest BCUT2D eigenvalue weighted by molar-refractivity contribution is -0.198. The molecule has 0 aromatic carbocycles. The number of carbonyl (C=O) groups is 1. The molecule has 1 atom stereocenters. The highest BCUT2D eigenvalue weighted by atomic mass is 16.7. The molecule has 1 fully saturated rings. The molecule has 1 saturated heterocycles. The molecule has 0 N–H and O–H groups in total. The van der Waals surface area contributed by atoms with E-state index in [0.29, 0.717) is 6.61 Å². The van der Waals surface area contributed by atoms with Gasteiger partial charge in [-0.05, 0) is 41.0 Å². The van der Waals surface area contributed by atoms with E-state index in [0.717, 1.165) is 6.42 Å². The van der Waals surface area contributed by atoms with Crippen molar-refractivity contribution in [1.29, 1.82) is 0 Å². The summed E-state index contributed by atoms with van der Waals surface area (Å²) in [6.07, 6.45) is 0.600. The van der Waals surface area contributed by atoms with Gasteiger partial charge in [-0.2, -0.15) is 0 Å². The summed E-state index contributed by atoms with van der Waals surface area (Å²) in [6, 6.07) is 0. The van der Waals surface area contributed by atoms with E-state index in [-0.39, 0.29) is 18.9 Å². The van der Waals surface area contributed by atoms with E-state index < -0.39 is 11.0 Å². The predicted molar refractivity (Wildman–Crippen MR) is 59.9 cm³/mol. The summed E-state index contributed by atoms with van der Waals surface area (Å²) in [5.41, 5.74) is -1.09. The maximum atomic E-state index is 12.0. The lowest BCUT2D eigenvalue weighted by Crippen LogP contribution is -2.45. The molecule has 4 heteroatoms. The number of rotatable bonds is 2. The first-order valence-corrected chi connectivity index (χ1v) is 5.66. The van der Waals surface area contributed by atoms with Gasteiger partial charge < -0.3 is 14.2 Å². The number of ether oxygens (including phenoxy) is 3. The molecule has 0 aromatic rings. The van der Waals surface area contributed by atoms with Gasteiger partial charge in [0.25, 0.3) is 0 Å². The van der Waals surface area contributed by atoms with Gasteiger partial charge in [0.1, 0.15) is 12.4 Å². The fraction of sp³-hybridized carbons (Fsp3) is 0.917. The third-order valence-electron chi connectivity index (χ3n) is 2.61. The second-order valence-corrected chi connectivity index (χ2v) is 5.69. The van der Waals surface area contributed by atoms with Crippen LogP contribution in [0.25, 0.3) is 0 Å². The molecule has 94 valence electrons. The molecule has 1 aliphatic rings. The minimum absolute atomic E-state index is 0.129. The van der Waals surface area contributed by atoms with Gasteiger partial charge in [-0.25, -0.2) is 0 Å². The van der Waals surface area contributed by atoms with Crippen LogP contribution in [-0.2, 0) is 19.0 Å². The Hall–Kier alpha value is -0.610. The van der Waals surface area contributed by atoms with Crippen molar-refractivity contribution in [3.8, 4) is 0 Å². The van der Waals surface area contributed by atoms with E-state index in [1.807, 2.05) is 34.6 Å². The van der Waals surface area contributed by atoms with E-state index in [4.69, 9.17) is 14.2 Å². The maximum Gasteiger partial charge on any atom is 0.314 e. The molecule has 1 rings (SSSR count). The molecule has 0 radical (unpaired) electrons. The monoisotopic (exact) mass is 230 g/mol. The summed E-state index contributed by atoms with van der Waals surface area (Å²) in [4.78, 5) is 12.0. The number of esters is 1. The topological polar surface area (TPSA) is 44.8 Å². The molecule has 0 aromatic heterocycles. The third-order valence-corrected chi connectivity index (χ3v) is 2.61. The summed E-state index contributed by atoms with van der Waals surface area (Å²) < 4.78 is 16.0. The van der Waals surface area contributed by atoms with Gasteiger partial charge in [-0.15, -0.1) is 0 Å². The fourth-order valence-corrected chi connectivity index (χ4v) is 1.57. The van der Waals surface area contributed by atoms with Gasteiger partial charge in [-0.3, -0.25) is 4.79 Å². The lowest BCUT2D eigenvalue weighted by atomic mass is 9.84. The largest absolute Gasteiger partial charge is 0.459 e. The standard InChI is InChI=1S/C12H22O4/c1-11(2,3)16-10(13)12(4,5)9-6-7-14-8-15-9/h9H,6-8H2,1-5H3. The van der Waals surface area contributed by atoms with E-state index in [9.17, 15) is 4.79 Å². The molecular formula is C12H22O4. The van der Waals surface area contributed by atoms with Crippen LogP contribution in [0.15, 0.2) is 0 Å². The van der Waals surface area contributed by atoms with Crippen molar-refractivity contribution in [3.05, 3.63) is 0 Å². The molecule has 4 nitrogen and oxygen atoms in total. The molecule has 0 bridgehead atoms. The Labute approximate surface area is 97.2 Å². The van der Waals surface area contributed by atoms with E-state index in [2.05, 4.69) is 0 Å². The Morgan fingerprint density at radius 3 is 2.31 bits per heavy atom. The van der Waals surface area contributed by atoms with Gasteiger partial charge in [0, 0.05) is 0 Å². The van der Waals surface area contributed by atoms with Crippen LogP contribution in [0.1, 0.15) is 41.0 Å². The van der Waals surface area contributed by atoms with Crippen molar-refractivity contribution in [2.45, 2.75) is 52.7 Å². The first-order valence-electron chi connectivity index (χ1n) is 5.66. The lowest BCUT2D eigenvalue weighted by Gasteiger charge is -2.36. The molecule has 0 aliphatic carbocycles. The minimum atomic E-state index is -0.628. The average Bonchev–Trinajstić information content (AvgIpc) is 2.16. The Morgan fingerprint density at radius 1 is 1.25 bits per heavy atom. The van der Waals surface area contributed by atoms with Gasteiger partial charge in [0.2, 0.25) is 0 Å². The summed E-state index contributed by atoms with van der Waals surface area (Å²) in [6.45, 7) is 10.2. The van der Waals surface area contributed by atoms with Crippen molar-refractivity contribution in [1.82, 2.24) is 0 Å². The molecule has 1 aliphatic heterocycles. The Morgan fingerprint density at radius 2 is 1.88 bits per heavy atom. The molecule has 16 heavy (non-hydrogen) atoms. The third kappa shape index (κ3) is 3.46. The van der Waals surface area contributed by atoms with E-state index >= 15 is 0 Å². The molecule has 1 unspecified atom stereocenters. The number of carbonyl (C=O) groups excluding carboxylic acids is 1. The van der Waals surface area contributed by atoms with Gasteiger partial charge in [0.15, 0.2) is 0 Å². The van der Waals surface area contributed by atoms with Crippen LogP contribution in [-0.4, -0.2) is 31.1 Å². The number of hydrogen-bond acceptors (Lipinski definition) is 4. The molecule has 0 amide bonds. The van der Waals surface area contributed by atoms with E-state index in [1.54, 1.807) is 0 Å². The second-order valence-electron chi connectivity index (χ2n) is 5.69. The Balaban J connectivity index is 2.64. The van der Waals surface area contributed by atoms with Crippen molar-refractivity contribution in [2.24, 2.45) is 5.41 Å². The van der Waals surface area contributed by atoms with Crippen LogP contribution in [0.5, 0.6) is 0 Å². The number of hydrogen-bond donors (Lipinski definition) is 0. The summed E-state index contributed by atoms with van der Waals surface area (Å²) in [5.74, 6) is -0.216. The summed E-state index contributed by atoms with van der Waals surface area (Å²) in [7, 11) is 0. The zero-order chi connectivity index (χ0) is 12.4. The zero-order valence-electron chi connectivity index (χ0n) is 10.8. The smallest absolute Gasteiger partial charge is 0.314 e. The normalized spacial score (nSPS) is 22.9. The van der Waals surface area contributed by atoms with Crippen LogP contribution < -0.4 is 0 Å². The van der Waals surface area contributed by atoms with Crippen molar-refractivity contribution in [3.63, 3.8) is 0 Å². The average molecular weight is 230 g/mol. The summed E-state index contributed by atoms with van der Waals surface area (Å²) >= 11 is 0. The fourth-order valence-electron chi connectivity index (χ4n) is 1.57. The van der Waals surface area contributed by atoms with Crippen molar-refractivity contribution < 1.29 is 19.0 Å². The summed E-state index contributed by atoms with van der Waals surface area (Å²) in [5, 5.41) is 0. The van der Waals surface area contributed by atoms with Crippen LogP contribution in [0, 0.1) is 5.41 Å². The highest BCUT2D eigenvalue weighted by molar-refractivity contribution is 5.77. The van der Waals surface area contributed by atoms with Crippen LogP contribution >= 0.6 is 0 Å². The van der Waals surface area contributed by atoms with Crippen molar-refractivity contribution >= 4 is 5.97 Å². The SMILES string of the molecule is CC(C)(C)OC(=O)C(C)(C)C1CCOCO1. The highest BCUT2D eigenvalue weighted by Gasteiger charge is 2.41. The van der Waals surface area contributed by atoms with E-state index in [1.165, 1.54) is 0 Å². The van der Waals surface area contributed by atoms with Crippen LogP contribution in [0.2, 0.25) is 0 Å². The highest BCUT2D eigenvalue weighted by Crippen LogP contribution is 2.31. The van der Waals surface area contributed by atoms with Crippen LogP contribution in [0.4, 0.5) is 0 Å². The minimum Gasteiger partial charge on any atom is -0.459 e. The maximum absolute atomic E-state index is 12.0. The quantitative estimate of drug-likeness (QED) is 0.682. The predicted octanol–water partition coefficient (Wildman–Crippen LogP) is 2.12. The Kier molecular flexibility index (Phi) is 3.97. The molecular weight excluding hydrogens is 208 g/mol. The first-order chi connectivity index (χ1) is 7.23. The molecule has 0 saturated carbocycles. The van der Waals surface area contributed by atoms with Gasteiger partial charge in [0.05, 0.1) is 18.1 Å². The van der Waals surface area contributed by atoms with Gasteiger partial charge >= 0.3 is 5.97 Å².